The Kier molecular flexibility index (Phi) is 4.22. The standard InChI is InChI=1S/C15H17ClN4O/c16-11-3-1-5-13(9-11)20-8-6-14(19-20)15(21)18-12-4-2-7-17-10-12/h1,3,5-6,8-9,12,17H,2,4,7,10H2,(H,18,21)/t12-/m0/s1. The van der Waals surface area contributed by atoms with Crippen molar-refractivity contribution in [3.8, 4) is 5.69 Å². The lowest BCUT2D eigenvalue weighted by atomic mass is 10.1. The van der Waals surface area contributed by atoms with E-state index < -0.39 is 0 Å². The van der Waals surface area contributed by atoms with Gasteiger partial charge in [-0.05, 0) is 43.7 Å². The third kappa shape index (κ3) is 3.43. The molecule has 0 spiro atoms. The molecule has 110 valence electrons. The summed E-state index contributed by atoms with van der Waals surface area (Å²) < 4.78 is 1.65. The summed E-state index contributed by atoms with van der Waals surface area (Å²) in [6.07, 6.45) is 3.86. The van der Waals surface area contributed by atoms with Crippen LogP contribution in [0.2, 0.25) is 5.02 Å². The van der Waals surface area contributed by atoms with E-state index in [-0.39, 0.29) is 11.9 Å². The first-order valence-electron chi connectivity index (χ1n) is 7.05. The van der Waals surface area contributed by atoms with Crippen molar-refractivity contribution in [2.45, 2.75) is 18.9 Å². The number of benzene rings is 1. The van der Waals surface area contributed by atoms with Gasteiger partial charge in [0, 0.05) is 23.8 Å². The van der Waals surface area contributed by atoms with E-state index >= 15 is 0 Å². The van der Waals surface area contributed by atoms with Crippen LogP contribution < -0.4 is 10.6 Å². The van der Waals surface area contributed by atoms with Crippen LogP contribution >= 0.6 is 11.6 Å². The fourth-order valence-electron chi connectivity index (χ4n) is 2.44. The van der Waals surface area contributed by atoms with E-state index in [0.29, 0.717) is 10.7 Å². The number of nitrogens with zero attached hydrogens (tertiary/aromatic N) is 2. The molecule has 1 saturated heterocycles. The first-order valence-corrected chi connectivity index (χ1v) is 7.43. The Hall–Kier alpha value is -1.85. The largest absolute Gasteiger partial charge is 0.347 e. The predicted octanol–water partition coefficient (Wildman–Crippen LogP) is 2.01. The van der Waals surface area contributed by atoms with Crippen LogP contribution in [0.3, 0.4) is 0 Å². The van der Waals surface area contributed by atoms with Crippen molar-refractivity contribution in [3.63, 3.8) is 0 Å². The molecule has 1 aromatic heterocycles. The van der Waals surface area contributed by atoms with Crippen LogP contribution in [0, 0.1) is 0 Å². The van der Waals surface area contributed by atoms with E-state index in [1.54, 1.807) is 29.1 Å². The van der Waals surface area contributed by atoms with Gasteiger partial charge in [0.15, 0.2) is 5.69 Å². The second-order valence-electron chi connectivity index (χ2n) is 5.14. The zero-order valence-corrected chi connectivity index (χ0v) is 12.3. The third-order valence-electron chi connectivity index (χ3n) is 3.53. The summed E-state index contributed by atoms with van der Waals surface area (Å²) in [5.41, 5.74) is 1.25. The summed E-state index contributed by atoms with van der Waals surface area (Å²) in [5, 5.41) is 11.2. The predicted molar refractivity (Wildman–Crippen MR) is 81.9 cm³/mol. The fourth-order valence-corrected chi connectivity index (χ4v) is 2.63. The van der Waals surface area contributed by atoms with E-state index in [1.165, 1.54) is 0 Å². The van der Waals surface area contributed by atoms with Crippen LogP contribution in [0.1, 0.15) is 23.3 Å². The van der Waals surface area contributed by atoms with Gasteiger partial charge in [0.25, 0.3) is 5.91 Å². The van der Waals surface area contributed by atoms with E-state index in [2.05, 4.69) is 15.7 Å². The second-order valence-corrected chi connectivity index (χ2v) is 5.58. The van der Waals surface area contributed by atoms with Crippen molar-refractivity contribution in [2.24, 2.45) is 0 Å². The van der Waals surface area contributed by atoms with Gasteiger partial charge >= 0.3 is 0 Å². The summed E-state index contributed by atoms with van der Waals surface area (Å²) >= 11 is 5.97. The lowest BCUT2D eigenvalue weighted by Gasteiger charge is -2.23. The summed E-state index contributed by atoms with van der Waals surface area (Å²) in [4.78, 5) is 12.2. The highest BCUT2D eigenvalue weighted by Crippen LogP contribution is 2.14. The molecule has 0 aliphatic carbocycles. The van der Waals surface area contributed by atoms with Crippen LogP contribution in [0.4, 0.5) is 0 Å². The number of piperidine rings is 1. The summed E-state index contributed by atoms with van der Waals surface area (Å²) in [6.45, 7) is 1.84. The normalized spacial score (nSPS) is 18.4. The Labute approximate surface area is 128 Å². The Balaban J connectivity index is 1.70. The molecule has 0 bridgehead atoms. The summed E-state index contributed by atoms with van der Waals surface area (Å²) in [5.74, 6) is -0.135. The third-order valence-corrected chi connectivity index (χ3v) is 3.76. The van der Waals surface area contributed by atoms with Gasteiger partial charge in [-0.15, -0.1) is 0 Å². The lowest BCUT2D eigenvalue weighted by Crippen LogP contribution is -2.45. The molecule has 6 heteroatoms. The molecule has 1 fully saturated rings. The van der Waals surface area contributed by atoms with Crippen molar-refractivity contribution in [2.75, 3.05) is 13.1 Å². The van der Waals surface area contributed by atoms with Gasteiger partial charge in [0.05, 0.1) is 5.69 Å². The highest BCUT2D eigenvalue weighted by atomic mass is 35.5. The number of amides is 1. The first-order chi connectivity index (χ1) is 10.2. The van der Waals surface area contributed by atoms with Gasteiger partial charge in [0.2, 0.25) is 0 Å². The number of rotatable bonds is 3. The van der Waals surface area contributed by atoms with Crippen molar-refractivity contribution >= 4 is 17.5 Å². The van der Waals surface area contributed by atoms with Gasteiger partial charge in [-0.1, -0.05) is 17.7 Å². The molecular formula is C15H17ClN4O. The number of hydrogen-bond acceptors (Lipinski definition) is 3. The van der Waals surface area contributed by atoms with Gasteiger partial charge in [0.1, 0.15) is 0 Å². The Bertz CT molecular complexity index is 634. The second kappa shape index (κ2) is 6.28. The topological polar surface area (TPSA) is 59.0 Å². The average Bonchev–Trinajstić information content (AvgIpc) is 2.98. The van der Waals surface area contributed by atoms with E-state index in [1.807, 2.05) is 12.1 Å². The molecule has 2 N–H and O–H groups in total. The minimum atomic E-state index is -0.135. The van der Waals surface area contributed by atoms with Crippen molar-refractivity contribution < 1.29 is 4.79 Å². The fraction of sp³-hybridized carbons (Fsp3) is 0.333. The van der Waals surface area contributed by atoms with Crippen LogP contribution in [-0.4, -0.2) is 34.8 Å². The minimum absolute atomic E-state index is 0.135. The number of hydrogen-bond donors (Lipinski definition) is 2. The number of halogens is 1. The van der Waals surface area contributed by atoms with Crippen molar-refractivity contribution in [3.05, 3.63) is 47.2 Å². The summed E-state index contributed by atoms with van der Waals surface area (Å²) in [7, 11) is 0. The van der Waals surface area contributed by atoms with Crippen molar-refractivity contribution in [1.82, 2.24) is 20.4 Å². The zero-order chi connectivity index (χ0) is 14.7. The zero-order valence-electron chi connectivity index (χ0n) is 11.6. The quantitative estimate of drug-likeness (QED) is 0.912. The Morgan fingerprint density at radius 1 is 1.43 bits per heavy atom. The molecule has 5 nitrogen and oxygen atoms in total. The molecule has 1 atom stereocenters. The molecule has 1 aliphatic rings. The van der Waals surface area contributed by atoms with Crippen LogP contribution in [0.15, 0.2) is 36.5 Å². The molecule has 21 heavy (non-hydrogen) atoms. The van der Waals surface area contributed by atoms with E-state index in [0.717, 1.165) is 31.6 Å². The molecular weight excluding hydrogens is 288 g/mol. The molecule has 0 unspecified atom stereocenters. The monoisotopic (exact) mass is 304 g/mol. The highest BCUT2D eigenvalue weighted by Gasteiger charge is 2.17. The number of aromatic nitrogens is 2. The highest BCUT2D eigenvalue weighted by molar-refractivity contribution is 6.30. The van der Waals surface area contributed by atoms with Gasteiger partial charge in [-0.3, -0.25) is 4.79 Å². The van der Waals surface area contributed by atoms with Gasteiger partial charge < -0.3 is 10.6 Å². The maximum Gasteiger partial charge on any atom is 0.272 e. The smallest absolute Gasteiger partial charge is 0.272 e. The van der Waals surface area contributed by atoms with Gasteiger partial charge in [-0.2, -0.15) is 5.10 Å². The SMILES string of the molecule is O=C(N[C@H]1CCCNC1)c1ccn(-c2cccc(Cl)c2)n1. The molecule has 2 heterocycles. The van der Waals surface area contributed by atoms with Gasteiger partial charge in [-0.25, -0.2) is 4.68 Å². The van der Waals surface area contributed by atoms with E-state index in [9.17, 15) is 4.79 Å². The first kappa shape index (κ1) is 14.1. The van der Waals surface area contributed by atoms with Crippen LogP contribution in [0.5, 0.6) is 0 Å². The Morgan fingerprint density at radius 3 is 3.10 bits per heavy atom. The number of carbonyl (C=O) groups is 1. The summed E-state index contributed by atoms with van der Waals surface area (Å²) in [6, 6.07) is 9.26. The Morgan fingerprint density at radius 2 is 2.33 bits per heavy atom. The molecule has 2 aromatic rings. The molecule has 0 radical (unpaired) electrons. The molecule has 1 aromatic carbocycles. The molecule has 3 rings (SSSR count). The number of nitrogens with one attached hydrogen (secondary N) is 2. The van der Waals surface area contributed by atoms with Crippen LogP contribution in [0.25, 0.3) is 5.69 Å². The minimum Gasteiger partial charge on any atom is -0.347 e. The lowest BCUT2D eigenvalue weighted by molar-refractivity contribution is 0.0925. The average molecular weight is 305 g/mol. The molecule has 1 aliphatic heterocycles. The van der Waals surface area contributed by atoms with Crippen molar-refractivity contribution in [1.29, 1.82) is 0 Å². The number of carbonyl (C=O) groups excluding carboxylic acids is 1. The molecule has 0 saturated carbocycles. The maximum atomic E-state index is 12.2. The van der Waals surface area contributed by atoms with E-state index in [4.69, 9.17) is 11.6 Å². The van der Waals surface area contributed by atoms with Crippen LogP contribution in [-0.2, 0) is 0 Å². The maximum absolute atomic E-state index is 12.2. The molecule has 1 amide bonds.